The normalized spacial score (nSPS) is 17.0. The van der Waals surface area contributed by atoms with E-state index in [0.717, 1.165) is 12.0 Å². The Bertz CT molecular complexity index is 857. The third kappa shape index (κ3) is 5.83. The Morgan fingerprint density at radius 3 is 2.40 bits per heavy atom. The van der Waals surface area contributed by atoms with Gasteiger partial charge in [-0.1, -0.05) is 48.5 Å². The second kappa shape index (κ2) is 10.4. The molecule has 1 aliphatic rings. The van der Waals surface area contributed by atoms with Crippen LogP contribution in [0.15, 0.2) is 60.7 Å². The Labute approximate surface area is 176 Å². The zero-order valence-electron chi connectivity index (χ0n) is 17.0. The Balaban J connectivity index is 1.60. The summed E-state index contributed by atoms with van der Waals surface area (Å²) in [4.78, 5) is 39.3. The first kappa shape index (κ1) is 21.4. The molecule has 2 aromatic rings. The van der Waals surface area contributed by atoms with Crippen LogP contribution in [0.1, 0.15) is 18.4 Å². The average molecular weight is 409 g/mol. The van der Waals surface area contributed by atoms with Crippen molar-refractivity contribution in [1.82, 2.24) is 10.2 Å². The number of hydrogen-bond acceptors (Lipinski definition) is 4. The number of nitrogens with one attached hydrogen (secondary N) is 2. The van der Waals surface area contributed by atoms with E-state index in [9.17, 15) is 14.4 Å². The first-order valence-corrected chi connectivity index (χ1v) is 10.1. The summed E-state index contributed by atoms with van der Waals surface area (Å²) in [5.41, 5.74) is 1.64. The number of hydrogen-bond donors (Lipinski definition) is 2. The number of ether oxygens (including phenoxy) is 1. The van der Waals surface area contributed by atoms with Crippen LogP contribution in [0.25, 0.3) is 0 Å². The monoisotopic (exact) mass is 409 g/mol. The smallest absolute Gasteiger partial charge is 0.328 e. The number of likely N-dealkylation sites (tertiary alicyclic amines) is 1. The number of carbonyl (C=O) groups is 3. The Morgan fingerprint density at radius 2 is 1.73 bits per heavy atom. The number of carbonyl (C=O) groups excluding carboxylic acids is 3. The third-order valence-electron chi connectivity index (χ3n) is 5.19. The molecule has 7 heteroatoms. The van der Waals surface area contributed by atoms with E-state index in [1.807, 2.05) is 60.7 Å². The van der Waals surface area contributed by atoms with Crippen LogP contribution in [0.5, 0.6) is 0 Å². The zero-order valence-corrected chi connectivity index (χ0v) is 17.0. The molecule has 158 valence electrons. The standard InChI is InChI=1S/C23H27N3O4/c1-30-22(28)20(15-17-9-4-2-5-10-17)25-21(27)18-11-8-14-26(16-18)23(29)24-19-12-6-3-7-13-19/h2-7,9-10,12-13,18,20H,8,11,14-16H2,1H3,(H,24,29)(H,25,27)/t18-,20+/m1/s1. The SMILES string of the molecule is COC(=O)[C@H](Cc1ccccc1)NC(=O)[C@@H]1CCCN(C(=O)Nc2ccccc2)C1. The first-order valence-electron chi connectivity index (χ1n) is 10.1. The number of urea groups is 1. The third-order valence-corrected chi connectivity index (χ3v) is 5.19. The van der Waals surface area contributed by atoms with Gasteiger partial charge >= 0.3 is 12.0 Å². The lowest BCUT2D eigenvalue weighted by atomic mass is 9.96. The van der Waals surface area contributed by atoms with Crippen molar-refractivity contribution in [2.45, 2.75) is 25.3 Å². The minimum absolute atomic E-state index is 0.229. The fourth-order valence-corrected chi connectivity index (χ4v) is 3.57. The van der Waals surface area contributed by atoms with Gasteiger partial charge in [0.1, 0.15) is 6.04 Å². The highest BCUT2D eigenvalue weighted by Gasteiger charge is 2.31. The average Bonchev–Trinajstić information content (AvgIpc) is 2.79. The summed E-state index contributed by atoms with van der Waals surface area (Å²) < 4.78 is 4.87. The number of para-hydroxylation sites is 1. The fraction of sp³-hybridized carbons (Fsp3) is 0.348. The van der Waals surface area contributed by atoms with Gasteiger partial charge in [0.25, 0.3) is 0 Å². The molecular formula is C23H27N3O4. The molecule has 30 heavy (non-hydrogen) atoms. The second-order valence-corrected chi connectivity index (χ2v) is 7.36. The summed E-state index contributed by atoms with van der Waals surface area (Å²) >= 11 is 0. The van der Waals surface area contributed by atoms with Crippen molar-refractivity contribution in [2.24, 2.45) is 5.92 Å². The zero-order chi connectivity index (χ0) is 21.3. The molecule has 0 radical (unpaired) electrons. The number of amides is 3. The van der Waals surface area contributed by atoms with Crippen molar-refractivity contribution in [3.8, 4) is 0 Å². The highest BCUT2D eigenvalue weighted by molar-refractivity contribution is 5.90. The molecule has 7 nitrogen and oxygen atoms in total. The van der Waals surface area contributed by atoms with Gasteiger partial charge in [-0.15, -0.1) is 0 Å². The minimum Gasteiger partial charge on any atom is -0.467 e. The molecule has 0 unspecified atom stereocenters. The number of esters is 1. The molecule has 2 aromatic carbocycles. The molecule has 3 amide bonds. The summed E-state index contributed by atoms with van der Waals surface area (Å²) in [5.74, 6) is -1.09. The predicted octanol–water partition coefficient (Wildman–Crippen LogP) is 2.83. The molecule has 1 saturated heterocycles. The molecule has 2 atom stereocenters. The minimum atomic E-state index is -0.765. The number of benzene rings is 2. The van der Waals surface area contributed by atoms with Crippen LogP contribution in [0, 0.1) is 5.92 Å². The van der Waals surface area contributed by atoms with Crippen molar-refractivity contribution in [3.63, 3.8) is 0 Å². The second-order valence-electron chi connectivity index (χ2n) is 7.36. The quantitative estimate of drug-likeness (QED) is 0.718. The van der Waals surface area contributed by atoms with E-state index in [2.05, 4.69) is 10.6 Å². The summed E-state index contributed by atoms with van der Waals surface area (Å²) in [5, 5.41) is 5.68. The van der Waals surface area contributed by atoms with Crippen molar-refractivity contribution >= 4 is 23.6 Å². The van der Waals surface area contributed by atoms with Gasteiger partial charge in [0.15, 0.2) is 0 Å². The number of methoxy groups -OCH3 is 1. The molecule has 0 saturated carbocycles. The van der Waals surface area contributed by atoms with E-state index >= 15 is 0 Å². The summed E-state index contributed by atoms with van der Waals surface area (Å²) in [7, 11) is 1.31. The molecular weight excluding hydrogens is 382 g/mol. The molecule has 0 aromatic heterocycles. The molecule has 3 rings (SSSR count). The molecule has 2 N–H and O–H groups in total. The summed E-state index contributed by atoms with van der Waals surface area (Å²) in [6.07, 6.45) is 1.74. The number of rotatable bonds is 6. The van der Waals surface area contributed by atoms with Crippen LogP contribution >= 0.6 is 0 Å². The summed E-state index contributed by atoms with van der Waals surface area (Å²) in [6.45, 7) is 0.899. The Kier molecular flexibility index (Phi) is 7.43. The van der Waals surface area contributed by atoms with Gasteiger partial charge in [-0.2, -0.15) is 0 Å². The Morgan fingerprint density at radius 1 is 1.07 bits per heavy atom. The maximum absolute atomic E-state index is 12.9. The highest BCUT2D eigenvalue weighted by Crippen LogP contribution is 2.19. The lowest BCUT2D eigenvalue weighted by molar-refractivity contribution is -0.145. The van der Waals surface area contributed by atoms with Gasteiger partial charge in [-0.3, -0.25) is 4.79 Å². The van der Waals surface area contributed by atoms with Gasteiger partial charge in [-0.05, 0) is 30.5 Å². The van der Waals surface area contributed by atoms with Crippen LogP contribution in [0.3, 0.4) is 0 Å². The summed E-state index contributed by atoms with van der Waals surface area (Å²) in [6, 6.07) is 17.7. The van der Waals surface area contributed by atoms with Gasteiger partial charge < -0.3 is 20.3 Å². The van der Waals surface area contributed by atoms with Crippen molar-refractivity contribution in [3.05, 3.63) is 66.2 Å². The van der Waals surface area contributed by atoms with Crippen molar-refractivity contribution in [1.29, 1.82) is 0 Å². The fourth-order valence-electron chi connectivity index (χ4n) is 3.57. The molecule has 1 heterocycles. The highest BCUT2D eigenvalue weighted by atomic mass is 16.5. The van der Waals surface area contributed by atoms with Crippen LogP contribution in [-0.4, -0.2) is 49.0 Å². The van der Waals surface area contributed by atoms with Crippen molar-refractivity contribution < 1.29 is 19.1 Å². The maximum Gasteiger partial charge on any atom is 0.328 e. The van der Waals surface area contributed by atoms with Crippen LogP contribution < -0.4 is 10.6 Å². The lowest BCUT2D eigenvalue weighted by Crippen LogP contribution is -2.50. The van der Waals surface area contributed by atoms with Gasteiger partial charge in [0.2, 0.25) is 5.91 Å². The van der Waals surface area contributed by atoms with E-state index in [0.29, 0.717) is 31.6 Å². The lowest BCUT2D eigenvalue weighted by Gasteiger charge is -2.32. The Hall–Kier alpha value is -3.35. The maximum atomic E-state index is 12.9. The molecule has 0 aliphatic carbocycles. The van der Waals surface area contributed by atoms with Crippen molar-refractivity contribution in [2.75, 3.05) is 25.5 Å². The van der Waals surface area contributed by atoms with Gasteiger partial charge in [0, 0.05) is 25.2 Å². The predicted molar refractivity (Wildman–Crippen MR) is 114 cm³/mol. The topological polar surface area (TPSA) is 87.7 Å². The van der Waals surface area contributed by atoms with E-state index in [1.54, 1.807) is 4.90 Å². The number of anilines is 1. The van der Waals surface area contributed by atoms with Crippen LogP contribution in [-0.2, 0) is 20.7 Å². The molecule has 1 aliphatic heterocycles. The number of piperidine rings is 1. The largest absolute Gasteiger partial charge is 0.467 e. The van der Waals surface area contributed by atoms with Gasteiger partial charge in [0.05, 0.1) is 13.0 Å². The number of nitrogens with zero attached hydrogens (tertiary/aromatic N) is 1. The molecule has 1 fully saturated rings. The van der Waals surface area contributed by atoms with E-state index in [-0.39, 0.29) is 17.9 Å². The molecule has 0 bridgehead atoms. The van der Waals surface area contributed by atoms with Gasteiger partial charge in [-0.25, -0.2) is 9.59 Å². The van der Waals surface area contributed by atoms with Crippen LogP contribution in [0.4, 0.5) is 10.5 Å². The van der Waals surface area contributed by atoms with E-state index in [4.69, 9.17) is 4.74 Å². The van der Waals surface area contributed by atoms with Crippen LogP contribution in [0.2, 0.25) is 0 Å². The first-order chi connectivity index (χ1) is 14.6. The van der Waals surface area contributed by atoms with E-state index < -0.39 is 12.0 Å². The molecule has 0 spiro atoms. The van der Waals surface area contributed by atoms with E-state index in [1.165, 1.54) is 7.11 Å².